The molecule has 3 nitrogen and oxygen atoms in total. The second-order valence-electron chi connectivity index (χ2n) is 2.35. The van der Waals surface area contributed by atoms with Crippen molar-refractivity contribution in [2.45, 2.75) is 6.42 Å². The molecule has 0 atom stereocenters. The fourth-order valence-electron chi connectivity index (χ4n) is 0.667. The van der Waals surface area contributed by atoms with Crippen molar-refractivity contribution < 1.29 is 4.79 Å². The highest BCUT2D eigenvalue weighted by molar-refractivity contribution is 7.98. The minimum atomic E-state index is 0.140. The summed E-state index contributed by atoms with van der Waals surface area (Å²) in [6.45, 7) is 1.27. The highest BCUT2D eigenvalue weighted by Crippen LogP contribution is 1.94. The van der Waals surface area contributed by atoms with E-state index in [4.69, 9.17) is 5.73 Å². The van der Waals surface area contributed by atoms with Crippen LogP contribution in [0.15, 0.2) is 0 Å². The van der Waals surface area contributed by atoms with E-state index < -0.39 is 0 Å². The zero-order chi connectivity index (χ0) is 8.69. The molecule has 0 aliphatic rings. The molecule has 0 rings (SSSR count). The second kappa shape index (κ2) is 6.49. The first-order valence-corrected chi connectivity index (χ1v) is 5.04. The van der Waals surface area contributed by atoms with Crippen LogP contribution in [0.1, 0.15) is 6.42 Å². The van der Waals surface area contributed by atoms with E-state index in [1.54, 1.807) is 16.7 Å². The number of carbonyl (C=O) groups excluding carboxylic acids is 1. The normalized spacial score (nSPS) is 9.73. The van der Waals surface area contributed by atoms with Gasteiger partial charge in [0.1, 0.15) is 0 Å². The van der Waals surface area contributed by atoms with Crippen molar-refractivity contribution in [1.29, 1.82) is 0 Å². The number of nitrogens with two attached hydrogens (primary N) is 1. The Balaban J connectivity index is 3.46. The van der Waals surface area contributed by atoms with Crippen molar-refractivity contribution in [3.05, 3.63) is 0 Å². The van der Waals surface area contributed by atoms with Crippen LogP contribution < -0.4 is 5.73 Å². The van der Waals surface area contributed by atoms with Gasteiger partial charge in [0, 0.05) is 32.3 Å². The van der Waals surface area contributed by atoms with Gasteiger partial charge in [-0.25, -0.2) is 0 Å². The van der Waals surface area contributed by atoms with Crippen molar-refractivity contribution in [3.8, 4) is 0 Å². The lowest BCUT2D eigenvalue weighted by molar-refractivity contribution is -0.129. The van der Waals surface area contributed by atoms with Crippen LogP contribution in [0.5, 0.6) is 0 Å². The summed E-state index contributed by atoms with van der Waals surface area (Å²) in [7, 11) is 1.81. The van der Waals surface area contributed by atoms with Gasteiger partial charge in [-0.3, -0.25) is 4.79 Å². The number of amides is 1. The van der Waals surface area contributed by atoms with E-state index in [2.05, 4.69) is 0 Å². The lowest BCUT2D eigenvalue weighted by atomic mass is 10.4. The van der Waals surface area contributed by atoms with E-state index in [0.717, 1.165) is 12.3 Å². The van der Waals surface area contributed by atoms with E-state index in [1.807, 2.05) is 13.3 Å². The molecule has 4 heteroatoms. The van der Waals surface area contributed by atoms with Crippen LogP contribution in [0, 0.1) is 0 Å². The number of hydrogen-bond acceptors (Lipinski definition) is 3. The molecule has 0 aliphatic carbocycles. The zero-order valence-corrected chi connectivity index (χ0v) is 7.99. The lowest BCUT2D eigenvalue weighted by Gasteiger charge is -2.15. The van der Waals surface area contributed by atoms with E-state index in [1.165, 1.54) is 0 Å². The van der Waals surface area contributed by atoms with Gasteiger partial charge >= 0.3 is 0 Å². The third-order valence-electron chi connectivity index (χ3n) is 1.41. The quantitative estimate of drug-likeness (QED) is 0.649. The molecule has 0 bridgehead atoms. The molecule has 1 amide bonds. The molecule has 11 heavy (non-hydrogen) atoms. The van der Waals surface area contributed by atoms with Crippen LogP contribution in [0.2, 0.25) is 0 Å². The molecule has 0 aromatic rings. The zero-order valence-electron chi connectivity index (χ0n) is 7.17. The summed E-state index contributed by atoms with van der Waals surface area (Å²) in [5.41, 5.74) is 5.24. The maximum atomic E-state index is 11.1. The van der Waals surface area contributed by atoms with Crippen LogP contribution in [0.4, 0.5) is 0 Å². The minimum Gasteiger partial charge on any atom is -0.345 e. The predicted molar refractivity (Wildman–Crippen MR) is 49.7 cm³/mol. The van der Waals surface area contributed by atoms with Gasteiger partial charge in [0.15, 0.2) is 0 Å². The molecule has 0 spiro atoms. The standard InChI is InChI=1S/C7H16N2OS/c1-9(5-6-11-2)7(10)3-4-8/h3-6,8H2,1-2H3. The fourth-order valence-corrected chi connectivity index (χ4v) is 1.12. The number of thioether (sulfide) groups is 1. The molecular weight excluding hydrogens is 160 g/mol. The van der Waals surface area contributed by atoms with E-state index in [0.29, 0.717) is 13.0 Å². The van der Waals surface area contributed by atoms with Crippen LogP contribution in [0.3, 0.4) is 0 Å². The highest BCUT2D eigenvalue weighted by Gasteiger charge is 2.05. The first kappa shape index (κ1) is 10.8. The predicted octanol–water partition coefficient (Wildman–Crippen LogP) is 0.157. The number of nitrogens with zero attached hydrogens (tertiary/aromatic N) is 1. The van der Waals surface area contributed by atoms with Gasteiger partial charge in [-0.05, 0) is 6.26 Å². The fraction of sp³-hybridized carbons (Fsp3) is 0.857. The van der Waals surface area contributed by atoms with Gasteiger partial charge in [-0.2, -0.15) is 11.8 Å². The Bertz CT molecular complexity index is 119. The molecular formula is C7H16N2OS. The molecule has 0 aromatic carbocycles. The lowest BCUT2D eigenvalue weighted by Crippen LogP contribution is -2.30. The first-order valence-electron chi connectivity index (χ1n) is 3.65. The SMILES string of the molecule is CSCCN(C)C(=O)CCN. The number of rotatable bonds is 5. The van der Waals surface area contributed by atoms with Gasteiger partial charge in [-0.15, -0.1) is 0 Å². The maximum Gasteiger partial charge on any atom is 0.223 e. The van der Waals surface area contributed by atoms with Gasteiger partial charge in [-0.1, -0.05) is 0 Å². The number of hydrogen-bond donors (Lipinski definition) is 1. The van der Waals surface area contributed by atoms with E-state index in [9.17, 15) is 4.79 Å². The summed E-state index contributed by atoms with van der Waals surface area (Å²) in [4.78, 5) is 12.8. The van der Waals surface area contributed by atoms with Gasteiger partial charge in [0.05, 0.1) is 0 Å². The number of carbonyl (C=O) groups is 1. The van der Waals surface area contributed by atoms with Crippen molar-refractivity contribution in [2.24, 2.45) is 5.73 Å². The maximum absolute atomic E-state index is 11.1. The van der Waals surface area contributed by atoms with E-state index >= 15 is 0 Å². The summed E-state index contributed by atoms with van der Waals surface area (Å²) in [6.07, 6.45) is 2.49. The molecule has 2 N–H and O–H groups in total. The Morgan fingerprint density at radius 1 is 1.64 bits per heavy atom. The Labute approximate surface area is 72.3 Å². The molecule has 66 valence electrons. The molecule has 0 fully saturated rings. The average molecular weight is 176 g/mol. The average Bonchev–Trinajstić information content (AvgIpc) is 2.00. The molecule has 0 radical (unpaired) electrons. The smallest absolute Gasteiger partial charge is 0.223 e. The Kier molecular flexibility index (Phi) is 6.36. The summed E-state index contributed by atoms with van der Waals surface area (Å²) >= 11 is 1.74. The summed E-state index contributed by atoms with van der Waals surface area (Å²) in [5.74, 6) is 1.13. The second-order valence-corrected chi connectivity index (χ2v) is 3.33. The van der Waals surface area contributed by atoms with Crippen LogP contribution in [0.25, 0.3) is 0 Å². The summed E-state index contributed by atoms with van der Waals surface area (Å²) < 4.78 is 0. The Morgan fingerprint density at radius 2 is 2.27 bits per heavy atom. The third kappa shape index (κ3) is 5.09. The van der Waals surface area contributed by atoms with E-state index in [-0.39, 0.29) is 5.91 Å². The first-order chi connectivity index (χ1) is 5.22. The Hall–Kier alpha value is -0.220. The molecule has 0 saturated carbocycles. The van der Waals surface area contributed by atoms with Crippen LogP contribution >= 0.6 is 11.8 Å². The summed E-state index contributed by atoms with van der Waals surface area (Å²) in [6, 6.07) is 0. The minimum absolute atomic E-state index is 0.140. The van der Waals surface area contributed by atoms with Gasteiger partial charge in [0.2, 0.25) is 5.91 Å². The molecule has 0 saturated heterocycles. The molecule has 0 aliphatic heterocycles. The van der Waals surface area contributed by atoms with Crippen LogP contribution in [-0.4, -0.2) is 43.0 Å². The third-order valence-corrected chi connectivity index (χ3v) is 2.01. The molecule has 0 aromatic heterocycles. The monoisotopic (exact) mass is 176 g/mol. The topological polar surface area (TPSA) is 46.3 Å². The highest BCUT2D eigenvalue weighted by atomic mass is 32.2. The van der Waals surface area contributed by atoms with Gasteiger partial charge < -0.3 is 10.6 Å². The largest absolute Gasteiger partial charge is 0.345 e. The van der Waals surface area contributed by atoms with Crippen LogP contribution in [-0.2, 0) is 4.79 Å². The Morgan fingerprint density at radius 3 is 2.73 bits per heavy atom. The van der Waals surface area contributed by atoms with Crippen molar-refractivity contribution in [3.63, 3.8) is 0 Å². The van der Waals surface area contributed by atoms with Crippen molar-refractivity contribution in [1.82, 2.24) is 4.90 Å². The van der Waals surface area contributed by atoms with Crippen molar-refractivity contribution in [2.75, 3.05) is 32.1 Å². The molecule has 0 unspecified atom stereocenters. The van der Waals surface area contributed by atoms with Gasteiger partial charge in [0.25, 0.3) is 0 Å². The molecule has 0 heterocycles. The summed E-state index contributed by atoms with van der Waals surface area (Å²) in [5, 5.41) is 0. The van der Waals surface area contributed by atoms with Crippen molar-refractivity contribution >= 4 is 17.7 Å².